The molecule has 0 N–H and O–H groups in total. The van der Waals surface area contributed by atoms with E-state index in [4.69, 9.17) is 9.72 Å². The molecule has 0 spiro atoms. The Hall–Kier alpha value is -4.39. The van der Waals surface area contributed by atoms with Gasteiger partial charge in [-0.05, 0) is 54.1 Å². The zero-order valence-corrected chi connectivity index (χ0v) is 17.7. The van der Waals surface area contributed by atoms with Crippen LogP contribution in [-0.2, 0) is 6.54 Å². The number of aromatic nitrogens is 2. The van der Waals surface area contributed by atoms with Gasteiger partial charge in [-0.25, -0.2) is 22.9 Å². The van der Waals surface area contributed by atoms with Crippen molar-refractivity contribution in [3.05, 3.63) is 120 Å². The molecule has 7 heteroatoms. The summed E-state index contributed by atoms with van der Waals surface area (Å²) >= 11 is 0. The second-order valence-corrected chi connectivity index (χ2v) is 7.63. The molecule has 5 rings (SSSR count). The summed E-state index contributed by atoms with van der Waals surface area (Å²) in [4.78, 5) is 17.0. The van der Waals surface area contributed by atoms with E-state index < -0.39 is 29.0 Å². The first-order valence-corrected chi connectivity index (χ1v) is 10.5. The van der Waals surface area contributed by atoms with E-state index in [1.165, 1.54) is 12.1 Å². The highest BCUT2D eigenvalue weighted by atomic mass is 19.2. The minimum Gasteiger partial charge on any atom is -0.423 e. The van der Waals surface area contributed by atoms with Gasteiger partial charge in [-0.3, -0.25) is 0 Å². The third kappa shape index (κ3) is 4.03. The van der Waals surface area contributed by atoms with Crippen molar-refractivity contribution >= 4 is 17.0 Å². The van der Waals surface area contributed by atoms with Crippen LogP contribution in [0.2, 0.25) is 0 Å². The third-order valence-corrected chi connectivity index (χ3v) is 5.42. The molecule has 0 bridgehead atoms. The van der Waals surface area contributed by atoms with Gasteiger partial charge in [0.1, 0.15) is 11.6 Å². The fraction of sp³-hybridized carbons (Fsp3) is 0.0370. The summed E-state index contributed by atoms with van der Waals surface area (Å²) < 4.78 is 47.7. The number of rotatable bonds is 5. The van der Waals surface area contributed by atoms with E-state index in [9.17, 15) is 18.0 Å². The van der Waals surface area contributed by atoms with Gasteiger partial charge in [0.25, 0.3) is 0 Å². The van der Waals surface area contributed by atoms with E-state index in [0.29, 0.717) is 12.6 Å². The molecule has 5 aromatic rings. The van der Waals surface area contributed by atoms with Crippen LogP contribution < -0.4 is 4.74 Å². The molecular formula is C27H17F3N2O2. The van der Waals surface area contributed by atoms with Gasteiger partial charge in [-0.2, -0.15) is 0 Å². The highest BCUT2D eigenvalue weighted by molar-refractivity contribution is 5.91. The number of esters is 1. The Labute approximate surface area is 192 Å². The fourth-order valence-corrected chi connectivity index (χ4v) is 3.74. The minimum absolute atomic E-state index is 0.128. The number of para-hydroxylation sites is 2. The van der Waals surface area contributed by atoms with Gasteiger partial charge in [-0.1, -0.05) is 42.5 Å². The normalized spacial score (nSPS) is 11.0. The summed E-state index contributed by atoms with van der Waals surface area (Å²) in [6.45, 7) is 0.614. The van der Waals surface area contributed by atoms with E-state index in [2.05, 4.69) is 4.57 Å². The average molecular weight is 458 g/mol. The first kappa shape index (κ1) is 21.5. The molecule has 0 atom stereocenters. The Kier molecular flexibility index (Phi) is 5.59. The highest BCUT2D eigenvalue weighted by Crippen LogP contribution is 2.28. The van der Waals surface area contributed by atoms with Crippen LogP contribution in [0, 0.1) is 17.5 Å². The third-order valence-electron chi connectivity index (χ3n) is 5.42. The SMILES string of the molecule is O=C(Oc1ccc(-c2nc3ccccc3n2Cc2ccccc2)cc1)c1ccc(F)c(F)c1F. The zero-order valence-electron chi connectivity index (χ0n) is 17.7. The van der Waals surface area contributed by atoms with Crippen LogP contribution in [-0.4, -0.2) is 15.5 Å². The summed E-state index contributed by atoms with van der Waals surface area (Å²) in [7, 11) is 0. The molecule has 0 aliphatic carbocycles. The van der Waals surface area contributed by atoms with Crippen LogP contribution in [0.4, 0.5) is 13.2 Å². The molecule has 0 fully saturated rings. The van der Waals surface area contributed by atoms with Crippen molar-refractivity contribution in [3.8, 4) is 17.1 Å². The molecule has 4 nitrogen and oxygen atoms in total. The fourth-order valence-electron chi connectivity index (χ4n) is 3.74. The second-order valence-electron chi connectivity index (χ2n) is 7.63. The maximum Gasteiger partial charge on any atom is 0.346 e. The number of hydrogen-bond acceptors (Lipinski definition) is 3. The Morgan fingerprint density at radius 1 is 0.794 bits per heavy atom. The van der Waals surface area contributed by atoms with Gasteiger partial charge in [-0.15, -0.1) is 0 Å². The standard InChI is InChI=1S/C27H17F3N2O2/c28-21-15-14-20(24(29)25(21)30)27(33)34-19-12-10-18(11-13-19)26-31-22-8-4-5-9-23(22)32(26)16-17-6-2-1-3-7-17/h1-15H,16H2. The molecule has 0 radical (unpaired) electrons. The Bertz CT molecular complexity index is 1500. The van der Waals surface area contributed by atoms with Crippen LogP contribution in [0.15, 0.2) is 91.0 Å². The maximum atomic E-state index is 13.9. The van der Waals surface area contributed by atoms with Gasteiger partial charge in [0, 0.05) is 12.1 Å². The van der Waals surface area contributed by atoms with Crippen LogP contribution in [0.25, 0.3) is 22.4 Å². The zero-order chi connectivity index (χ0) is 23.7. The molecule has 168 valence electrons. The highest BCUT2D eigenvalue weighted by Gasteiger charge is 2.21. The molecule has 0 aliphatic heterocycles. The Morgan fingerprint density at radius 2 is 1.50 bits per heavy atom. The summed E-state index contributed by atoms with van der Waals surface area (Å²) in [6, 6.07) is 25.9. The van der Waals surface area contributed by atoms with Crippen molar-refractivity contribution < 1.29 is 22.7 Å². The largest absolute Gasteiger partial charge is 0.423 e. The Morgan fingerprint density at radius 3 is 2.26 bits per heavy atom. The quantitative estimate of drug-likeness (QED) is 0.174. The summed E-state index contributed by atoms with van der Waals surface area (Å²) in [5, 5.41) is 0. The van der Waals surface area contributed by atoms with Crippen LogP contribution in [0.1, 0.15) is 15.9 Å². The first-order valence-electron chi connectivity index (χ1n) is 10.5. The molecule has 1 heterocycles. The monoisotopic (exact) mass is 458 g/mol. The summed E-state index contributed by atoms with van der Waals surface area (Å²) in [6.07, 6.45) is 0. The predicted molar refractivity (Wildman–Crippen MR) is 122 cm³/mol. The molecule has 0 aliphatic rings. The lowest BCUT2D eigenvalue weighted by molar-refractivity contribution is 0.0728. The van der Waals surface area contributed by atoms with Crippen molar-refractivity contribution in [1.82, 2.24) is 9.55 Å². The van der Waals surface area contributed by atoms with Crippen molar-refractivity contribution in [2.75, 3.05) is 0 Å². The number of carbonyl (C=O) groups excluding carboxylic acids is 1. The van der Waals surface area contributed by atoms with Crippen LogP contribution in [0.5, 0.6) is 5.75 Å². The molecule has 1 aromatic heterocycles. The number of halogens is 3. The van der Waals surface area contributed by atoms with E-state index in [-0.39, 0.29) is 5.75 Å². The van der Waals surface area contributed by atoms with Gasteiger partial charge in [0.15, 0.2) is 17.5 Å². The average Bonchev–Trinajstić information content (AvgIpc) is 3.22. The second kappa shape index (κ2) is 8.86. The molecule has 34 heavy (non-hydrogen) atoms. The van der Waals surface area contributed by atoms with Crippen molar-refractivity contribution in [1.29, 1.82) is 0 Å². The van der Waals surface area contributed by atoms with Gasteiger partial charge in [0.05, 0.1) is 16.6 Å². The lowest BCUT2D eigenvalue weighted by Gasteiger charge is -2.11. The number of fused-ring (bicyclic) bond motifs is 1. The molecule has 0 saturated carbocycles. The number of ether oxygens (including phenoxy) is 1. The smallest absolute Gasteiger partial charge is 0.346 e. The number of hydrogen-bond donors (Lipinski definition) is 0. The molecule has 0 unspecified atom stereocenters. The van der Waals surface area contributed by atoms with E-state index >= 15 is 0 Å². The topological polar surface area (TPSA) is 44.1 Å². The van der Waals surface area contributed by atoms with Crippen molar-refractivity contribution in [2.24, 2.45) is 0 Å². The molecule has 4 aromatic carbocycles. The predicted octanol–water partition coefficient (Wildman–Crippen LogP) is 6.39. The lowest BCUT2D eigenvalue weighted by Crippen LogP contribution is -2.12. The first-order chi connectivity index (χ1) is 16.5. The Balaban J connectivity index is 1.45. The number of nitrogens with zero attached hydrogens (tertiary/aromatic N) is 2. The van der Waals surface area contributed by atoms with Crippen LogP contribution in [0.3, 0.4) is 0 Å². The van der Waals surface area contributed by atoms with Gasteiger partial charge in [0.2, 0.25) is 0 Å². The number of carbonyl (C=O) groups is 1. The number of imidazole rings is 1. The van der Waals surface area contributed by atoms with Gasteiger partial charge >= 0.3 is 5.97 Å². The van der Waals surface area contributed by atoms with Gasteiger partial charge < -0.3 is 9.30 Å². The molecule has 0 amide bonds. The lowest BCUT2D eigenvalue weighted by atomic mass is 10.1. The summed E-state index contributed by atoms with van der Waals surface area (Å²) in [5.74, 6) is -4.95. The summed E-state index contributed by atoms with van der Waals surface area (Å²) in [5.41, 5.74) is 3.04. The van der Waals surface area contributed by atoms with Crippen molar-refractivity contribution in [3.63, 3.8) is 0 Å². The molecule has 0 saturated heterocycles. The molecular weight excluding hydrogens is 441 g/mol. The van der Waals surface area contributed by atoms with Crippen LogP contribution >= 0.6 is 0 Å². The van der Waals surface area contributed by atoms with E-state index in [1.54, 1.807) is 12.1 Å². The van der Waals surface area contributed by atoms with E-state index in [1.807, 2.05) is 54.6 Å². The van der Waals surface area contributed by atoms with Crippen molar-refractivity contribution in [2.45, 2.75) is 6.54 Å². The minimum atomic E-state index is -1.72. The van der Waals surface area contributed by atoms with E-state index in [0.717, 1.165) is 34.1 Å². The number of benzene rings is 4. The maximum absolute atomic E-state index is 13.9.